The molecule has 1 atom stereocenters. The van der Waals surface area contributed by atoms with Crippen LogP contribution in [0.5, 0.6) is 0 Å². The Hall–Kier alpha value is -2.17. The average molecular weight is 271 g/mol. The average Bonchev–Trinajstić information content (AvgIpc) is 2.48. The maximum atomic E-state index is 12.7. The van der Waals surface area contributed by atoms with Crippen molar-refractivity contribution < 1.29 is 4.79 Å². The monoisotopic (exact) mass is 271 g/mol. The van der Waals surface area contributed by atoms with Crippen LogP contribution in [0.4, 0.5) is 0 Å². The third-order valence-corrected chi connectivity index (χ3v) is 3.96. The third-order valence-electron chi connectivity index (χ3n) is 3.96. The fourth-order valence-electron chi connectivity index (χ4n) is 2.81. The molecule has 1 aliphatic heterocycles. The van der Waals surface area contributed by atoms with Crippen LogP contribution in [-0.2, 0) is 0 Å². The molecule has 0 radical (unpaired) electrons. The summed E-state index contributed by atoms with van der Waals surface area (Å²) in [6.07, 6.45) is 3.20. The Balaban J connectivity index is 2.08. The summed E-state index contributed by atoms with van der Waals surface area (Å²) in [5.74, 6) is -0.0929. The number of piperidine rings is 1. The summed E-state index contributed by atoms with van der Waals surface area (Å²) >= 11 is 0. The number of nitrogens with one attached hydrogen (secondary N) is 1. The number of fused-ring (bicyclic) bond motifs is 1. The molecule has 2 heterocycles. The molecule has 1 N–H and O–H groups in total. The van der Waals surface area contributed by atoms with Gasteiger partial charge in [0.05, 0.1) is 5.39 Å². The SMILES string of the molecule is C[C@@H]1CCCCN1C(=O)c1n[nH]c(=O)c2ccccc12. The first-order valence-corrected chi connectivity index (χ1v) is 6.97. The number of H-pyrrole nitrogens is 1. The minimum absolute atomic E-state index is 0.0929. The van der Waals surface area contributed by atoms with Crippen LogP contribution in [0, 0.1) is 0 Å². The standard InChI is InChI=1S/C15H17N3O2/c1-10-6-4-5-9-18(10)15(20)13-11-7-2-3-8-12(11)14(19)17-16-13/h2-3,7-8,10H,4-6,9H2,1H3,(H,17,19)/t10-/m1/s1. The van der Waals surface area contributed by atoms with E-state index in [-0.39, 0.29) is 17.5 Å². The summed E-state index contributed by atoms with van der Waals surface area (Å²) in [7, 11) is 0. The maximum absolute atomic E-state index is 12.7. The lowest BCUT2D eigenvalue weighted by molar-refractivity contribution is 0.0630. The summed E-state index contributed by atoms with van der Waals surface area (Å²) in [6.45, 7) is 2.82. The van der Waals surface area contributed by atoms with E-state index in [9.17, 15) is 9.59 Å². The Kier molecular flexibility index (Phi) is 3.26. The molecule has 20 heavy (non-hydrogen) atoms. The van der Waals surface area contributed by atoms with Crippen molar-refractivity contribution in [2.24, 2.45) is 0 Å². The molecular formula is C15H17N3O2. The predicted octanol–water partition coefficient (Wildman–Crippen LogP) is 1.94. The number of rotatable bonds is 1. The van der Waals surface area contributed by atoms with Gasteiger partial charge in [0, 0.05) is 18.0 Å². The number of hydrogen-bond acceptors (Lipinski definition) is 3. The lowest BCUT2D eigenvalue weighted by Crippen LogP contribution is -2.42. The fraction of sp³-hybridized carbons (Fsp3) is 0.400. The Morgan fingerprint density at radius 2 is 2.05 bits per heavy atom. The third kappa shape index (κ3) is 2.09. The summed E-state index contributed by atoms with van der Waals surface area (Å²) in [4.78, 5) is 26.3. The van der Waals surface area contributed by atoms with E-state index < -0.39 is 0 Å². The normalized spacial score (nSPS) is 19.2. The molecule has 1 saturated heterocycles. The van der Waals surface area contributed by atoms with Gasteiger partial charge in [-0.1, -0.05) is 18.2 Å². The van der Waals surface area contributed by atoms with Gasteiger partial charge in [-0.3, -0.25) is 9.59 Å². The molecular weight excluding hydrogens is 254 g/mol. The van der Waals surface area contributed by atoms with Gasteiger partial charge in [-0.15, -0.1) is 0 Å². The van der Waals surface area contributed by atoms with Crippen LogP contribution in [0.3, 0.4) is 0 Å². The molecule has 0 spiro atoms. The van der Waals surface area contributed by atoms with Crippen molar-refractivity contribution in [3.63, 3.8) is 0 Å². The molecule has 1 aromatic carbocycles. The Morgan fingerprint density at radius 1 is 1.30 bits per heavy atom. The van der Waals surface area contributed by atoms with Crippen molar-refractivity contribution in [3.8, 4) is 0 Å². The number of carbonyl (C=O) groups excluding carboxylic acids is 1. The molecule has 0 bridgehead atoms. The molecule has 1 amide bonds. The maximum Gasteiger partial charge on any atom is 0.275 e. The van der Waals surface area contributed by atoms with Gasteiger partial charge in [0.1, 0.15) is 0 Å². The van der Waals surface area contributed by atoms with Crippen LogP contribution < -0.4 is 5.56 Å². The van der Waals surface area contributed by atoms with Gasteiger partial charge < -0.3 is 4.90 Å². The minimum Gasteiger partial charge on any atom is -0.335 e. The van der Waals surface area contributed by atoms with Crippen LogP contribution in [0.1, 0.15) is 36.7 Å². The van der Waals surface area contributed by atoms with Gasteiger partial charge >= 0.3 is 0 Å². The highest BCUT2D eigenvalue weighted by Crippen LogP contribution is 2.21. The quantitative estimate of drug-likeness (QED) is 0.862. The second kappa shape index (κ2) is 5.07. The topological polar surface area (TPSA) is 66.1 Å². The Morgan fingerprint density at radius 3 is 2.80 bits per heavy atom. The Labute approximate surface area is 116 Å². The van der Waals surface area contributed by atoms with E-state index in [1.54, 1.807) is 18.2 Å². The molecule has 2 aromatic rings. The first-order valence-electron chi connectivity index (χ1n) is 6.97. The van der Waals surface area contributed by atoms with Crippen molar-refractivity contribution >= 4 is 16.7 Å². The summed E-state index contributed by atoms with van der Waals surface area (Å²) in [5, 5.41) is 7.55. The van der Waals surface area contributed by atoms with Gasteiger partial charge in [0.2, 0.25) is 0 Å². The minimum atomic E-state index is -0.260. The molecule has 5 nitrogen and oxygen atoms in total. The van der Waals surface area contributed by atoms with Crippen LogP contribution in [0.15, 0.2) is 29.1 Å². The lowest BCUT2D eigenvalue weighted by Gasteiger charge is -2.33. The van der Waals surface area contributed by atoms with E-state index in [2.05, 4.69) is 17.1 Å². The van der Waals surface area contributed by atoms with E-state index >= 15 is 0 Å². The van der Waals surface area contributed by atoms with Crippen LogP contribution in [0.25, 0.3) is 10.8 Å². The number of hydrogen-bond donors (Lipinski definition) is 1. The second-order valence-corrected chi connectivity index (χ2v) is 5.29. The molecule has 5 heteroatoms. The molecule has 104 valence electrons. The highest BCUT2D eigenvalue weighted by Gasteiger charge is 2.26. The molecule has 0 unspecified atom stereocenters. The number of carbonyl (C=O) groups is 1. The van der Waals surface area contributed by atoms with Gasteiger partial charge in [-0.2, -0.15) is 5.10 Å². The number of aromatic nitrogens is 2. The molecule has 0 aliphatic carbocycles. The molecule has 1 aromatic heterocycles. The molecule has 1 aliphatic rings. The van der Waals surface area contributed by atoms with Gasteiger partial charge in [0.15, 0.2) is 5.69 Å². The van der Waals surface area contributed by atoms with Crippen molar-refractivity contribution in [2.75, 3.05) is 6.54 Å². The summed E-state index contributed by atoms with van der Waals surface area (Å²) in [5.41, 5.74) is 0.0813. The van der Waals surface area contributed by atoms with E-state index in [1.165, 1.54) is 0 Å². The van der Waals surface area contributed by atoms with Gasteiger partial charge in [-0.05, 0) is 32.3 Å². The van der Waals surface area contributed by atoms with Crippen LogP contribution in [0.2, 0.25) is 0 Å². The van der Waals surface area contributed by atoms with Crippen molar-refractivity contribution in [1.82, 2.24) is 15.1 Å². The highest BCUT2D eigenvalue weighted by atomic mass is 16.2. The van der Waals surface area contributed by atoms with E-state index in [0.29, 0.717) is 16.5 Å². The summed E-state index contributed by atoms with van der Waals surface area (Å²) < 4.78 is 0. The number of likely N-dealkylation sites (tertiary alicyclic amines) is 1. The van der Waals surface area contributed by atoms with Gasteiger partial charge in [0.25, 0.3) is 11.5 Å². The number of aromatic amines is 1. The zero-order chi connectivity index (χ0) is 14.1. The van der Waals surface area contributed by atoms with E-state index in [1.807, 2.05) is 11.0 Å². The molecule has 3 rings (SSSR count). The van der Waals surface area contributed by atoms with Crippen LogP contribution in [-0.4, -0.2) is 33.6 Å². The highest BCUT2D eigenvalue weighted by molar-refractivity contribution is 6.04. The molecule has 0 saturated carbocycles. The zero-order valence-electron chi connectivity index (χ0n) is 11.4. The predicted molar refractivity (Wildman–Crippen MR) is 76.7 cm³/mol. The number of benzene rings is 1. The second-order valence-electron chi connectivity index (χ2n) is 5.29. The Bertz CT molecular complexity index is 708. The van der Waals surface area contributed by atoms with Gasteiger partial charge in [-0.25, -0.2) is 5.10 Å². The van der Waals surface area contributed by atoms with Crippen molar-refractivity contribution in [2.45, 2.75) is 32.2 Å². The first-order chi connectivity index (χ1) is 9.68. The largest absolute Gasteiger partial charge is 0.335 e. The lowest BCUT2D eigenvalue weighted by atomic mass is 10.0. The first kappa shape index (κ1) is 12.8. The smallest absolute Gasteiger partial charge is 0.275 e. The van der Waals surface area contributed by atoms with Crippen LogP contribution >= 0.6 is 0 Å². The molecule has 1 fully saturated rings. The van der Waals surface area contributed by atoms with Crippen molar-refractivity contribution in [1.29, 1.82) is 0 Å². The fourth-order valence-corrected chi connectivity index (χ4v) is 2.81. The van der Waals surface area contributed by atoms with Crippen molar-refractivity contribution in [3.05, 3.63) is 40.3 Å². The summed E-state index contributed by atoms with van der Waals surface area (Å²) in [6, 6.07) is 7.32. The zero-order valence-corrected chi connectivity index (χ0v) is 11.4. The van der Waals surface area contributed by atoms with E-state index in [0.717, 1.165) is 25.8 Å². The van der Waals surface area contributed by atoms with E-state index in [4.69, 9.17) is 0 Å². The number of amides is 1. The number of nitrogens with zero attached hydrogens (tertiary/aromatic N) is 2.